The molecule has 2 fully saturated rings. The van der Waals surface area contributed by atoms with Gasteiger partial charge < -0.3 is 19.6 Å². The number of nitrogens with zero attached hydrogens (tertiary/aromatic N) is 1. The van der Waals surface area contributed by atoms with Crippen molar-refractivity contribution in [1.29, 1.82) is 0 Å². The molecular formula is C23H24FN2O4+. The molecular weight excluding hydrogens is 387 g/mol. The Morgan fingerprint density at radius 2 is 1.83 bits per heavy atom. The third kappa shape index (κ3) is 3.99. The highest BCUT2D eigenvalue weighted by Crippen LogP contribution is 2.39. The third-order valence-electron chi connectivity index (χ3n) is 5.66. The van der Waals surface area contributed by atoms with Crippen LogP contribution in [0, 0.1) is 5.82 Å². The normalized spacial score (nSPS) is 21.9. The summed E-state index contributed by atoms with van der Waals surface area (Å²) >= 11 is 0. The van der Waals surface area contributed by atoms with E-state index in [2.05, 4.69) is 0 Å². The zero-order chi connectivity index (χ0) is 21.1. The fourth-order valence-corrected chi connectivity index (χ4v) is 4.07. The van der Waals surface area contributed by atoms with Crippen molar-refractivity contribution in [3.05, 3.63) is 77.1 Å². The number of carbonyl (C=O) groups excluding carboxylic acids is 2. The van der Waals surface area contributed by atoms with Gasteiger partial charge in [-0.1, -0.05) is 42.5 Å². The van der Waals surface area contributed by atoms with Crippen LogP contribution in [0.2, 0.25) is 0 Å². The lowest BCUT2D eigenvalue weighted by atomic mass is 9.95. The Morgan fingerprint density at radius 1 is 1.10 bits per heavy atom. The van der Waals surface area contributed by atoms with Gasteiger partial charge in [0.2, 0.25) is 0 Å². The fourth-order valence-electron chi connectivity index (χ4n) is 4.07. The maximum Gasteiger partial charge on any atom is 0.295 e. The summed E-state index contributed by atoms with van der Waals surface area (Å²) in [4.78, 5) is 28.6. The van der Waals surface area contributed by atoms with Crippen LogP contribution < -0.4 is 4.90 Å². The number of benzene rings is 2. The molecule has 7 heteroatoms. The Morgan fingerprint density at radius 3 is 2.53 bits per heavy atom. The summed E-state index contributed by atoms with van der Waals surface area (Å²) < 4.78 is 19.4. The van der Waals surface area contributed by atoms with Crippen LogP contribution in [-0.4, -0.2) is 61.1 Å². The van der Waals surface area contributed by atoms with Gasteiger partial charge in [0.25, 0.3) is 11.7 Å². The molecule has 0 spiro atoms. The molecule has 0 saturated carbocycles. The largest absolute Gasteiger partial charge is 0.507 e. The van der Waals surface area contributed by atoms with Gasteiger partial charge in [-0.2, -0.15) is 0 Å². The van der Waals surface area contributed by atoms with E-state index in [0.717, 1.165) is 13.1 Å². The molecule has 2 aromatic rings. The summed E-state index contributed by atoms with van der Waals surface area (Å²) in [6, 6.07) is 13.6. The molecule has 0 unspecified atom stereocenters. The summed E-state index contributed by atoms with van der Waals surface area (Å²) in [7, 11) is 0. The van der Waals surface area contributed by atoms with Crippen molar-refractivity contribution in [2.45, 2.75) is 6.04 Å². The number of nitrogens with one attached hydrogen (secondary N) is 1. The van der Waals surface area contributed by atoms with Gasteiger partial charge in [0.05, 0.1) is 37.9 Å². The molecule has 2 N–H and O–H groups in total. The number of Topliss-reactive ketones (excluding diaryl/α,β-unsaturated/α-hetero) is 1. The fraction of sp³-hybridized carbons (Fsp3) is 0.304. The number of hydrogen-bond acceptors (Lipinski definition) is 4. The molecule has 1 amide bonds. The molecule has 0 aliphatic carbocycles. The van der Waals surface area contributed by atoms with E-state index < -0.39 is 23.5 Å². The summed E-state index contributed by atoms with van der Waals surface area (Å²) in [5.41, 5.74) is 0.896. The molecule has 30 heavy (non-hydrogen) atoms. The van der Waals surface area contributed by atoms with Crippen molar-refractivity contribution in [1.82, 2.24) is 4.90 Å². The molecule has 0 radical (unpaired) electrons. The second-order valence-electron chi connectivity index (χ2n) is 7.53. The van der Waals surface area contributed by atoms with Crippen LogP contribution in [0.4, 0.5) is 4.39 Å². The van der Waals surface area contributed by atoms with Crippen molar-refractivity contribution in [2.75, 3.05) is 39.4 Å². The van der Waals surface area contributed by atoms with Crippen LogP contribution in [0.5, 0.6) is 0 Å². The van der Waals surface area contributed by atoms with E-state index in [4.69, 9.17) is 4.74 Å². The molecule has 0 aromatic heterocycles. The molecule has 156 valence electrons. The first kappa shape index (κ1) is 20.3. The molecule has 0 bridgehead atoms. The Bertz CT molecular complexity index is 970. The number of aliphatic hydroxyl groups excluding tert-OH is 1. The number of carbonyl (C=O) groups is 2. The number of halogens is 1. The first-order valence-electron chi connectivity index (χ1n) is 10.1. The van der Waals surface area contributed by atoms with Gasteiger partial charge in [-0.15, -0.1) is 0 Å². The highest BCUT2D eigenvalue weighted by molar-refractivity contribution is 6.46. The number of amides is 1. The Kier molecular flexibility index (Phi) is 5.92. The standard InChI is InChI=1S/C23H23FN2O4/c24-18-8-4-7-17(15-18)20-19(21(27)16-5-2-1-3-6-16)22(28)23(29)26(20)10-9-25-11-13-30-14-12-25/h1-8,15,20,27H,9-14H2/p+1/t20-/m1/s1. The molecule has 2 saturated heterocycles. The predicted octanol–water partition coefficient (Wildman–Crippen LogP) is 1.16. The lowest BCUT2D eigenvalue weighted by molar-refractivity contribution is -0.907. The maximum absolute atomic E-state index is 14.0. The number of ketones is 1. The van der Waals surface area contributed by atoms with E-state index in [0.29, 0.717) is 37.4 Å². The monoisotopic (exact) mass is 411 g/mol. The van der Waals surface area contributed by atoms with E-state index >= 15 is 0 Å². The Hall–Kier alpha value is -3.03. The van der Waals surface area contributed by atoms with Gasteiger partial charge in [-0.3, -0.25) is 9.59 Å². The molecule has 2 aromatic carbocycles. The van der Waals surface area contributed by atoms with E-state index in [1.54, 1.807) is 42.5 Å². The van der Waals surface area contributed by atoms with Crippen LogP contribution in [0.15, 0.2) is 60.2 Å². The minimum atomic E-state index is -0.832. The quantitative estimate of drug-likeness (QED) is 0.440. The number of quaternary nitrogens is 1. The number of rotatable bonds is 5. The van der Waals surface area contributed by atoms with E-state index in [1.807, 2.05) is 0 Å². The smallest absolute Gasteiger partial charge is 0.295 e. The lowest BCUT2D eigenvalue weighted by Gasteiger charge is -2.29. The zero-order valence-corrected chi connectivity index (χ0v) is 16.5. The number of hydrogen-bond donors (Lipinski definition) is 2. The van der Waals surface area contributed by atoms with Gasteiger partial charge in [-0.05, 0) is 17.7 Å². The molecule has 1 atom stereocenters. The van der Waals surface area contributed by atoms with E-state index in [-0.39, 0.29) is 11.3 Å². The Balaban J connectivity index is 1.73. The van der Waals surface area contributed by atoms with Crippen molar-refractivity contribution in [3.8, 4) is 0 Å². The van der Waals surface area contributed by atoms with Crippen LogP contribution in [0.3, 0.4) is 0 Å². The van der Waals surface area contributed by atoms with Crippen LogP contribution >= 0.6 is 0 Å². The molecule has 2 aliphatic heterocycles. The molecule has 2 aliphatic rings. The second-order valence-corrected chi connectivity index (χ2v) is 7.53. The average Bonchev–Trinajstić information content (AvgIpc) is 3.03. The average molecular weight is 411 g/mol. The van der Waals surface area contributed by atoms with E-state index in [9.17, 15) is 19.1 Å². The topological polar surface area (TPSA) is 71.3 Å². The van der Waals surface area contributed by atoms with Gasteiger partial charge in [-0.25, -0.2) is 4.39 Å². The highest BCUT2D eigenvalue weighted by atomic mass is 19.1. The second kappa shape index (κ2) is 8.77. The number of ether oxygens (including phenoxy) is 1. The summed E-state index contributed by atoms with van der Waals surface area (Å²) in [6.07, 6.45) is 0. The number of aliphatic hydroxyl groups is 1. The summed E-state index contributed by atoms with van der Waals surface area (Å²) in [5, 5.41) is 10.9. The van der Waals surface area contributed by atoms with Crippen molar-refractivity contribution in [2.24, 2.45) is 0 Å². The lowest BCUT2D eigenvalue weighted by Crippen LogP contribution is -3.14. The van der Waals surface area contributed by atoms with Gasteiger partial charge in [0, 0.05) is 5.56 Å². The van der Waals surface area contributed by atoms with Gasteiger partial charge in [0.15, 0.2) is 0 Å². The summed E-state index contributed by atoms with van der Waals surface area (Å²) in [6.45, 7) is 3.96. The Labute approximate surface area is 174 Å². The molecule has 6 nitrogen and oxygen atoms in total. The molecule has 4 rings (SSSR count). The molecule has 2 heterocycles. The van der Waals surface area contributed by atoms with Crippen molar-refractivity contribution >= 4 is 17.4 Å². The van der Waals surface area contributed by atoms with Gasteiger partial charge in [0.1, 0.15) is 24.7 Å². The van der Waals surface area contributed by atoms with Crippen LogP contribution in [-0.2, 0) is 14.3 Å². The highest BCUT2D eigenvalue weighted by Gasteiger charge is 2.46. The zero-order valence-electron chi connectivity index (χ0n) is 16.5. The minimum Gasteiger partial charge on any atom is -0.507 e. The van der Waals surface area contributed by atoms with Gasteiger partial charge >= 0.3 is 0 Å². The van der Waals surface area contributed by atoms with E-state index in [1.165, 1.54) is 21.9 Å². The maximum atomic E-state index is 14.0. The van der Waals surface area contributed by atoms with Crippen molar-refractivity contribution < 1.29 is 28.7 Å². The third-order valence-corrected chi connectivity index (χ3v) is 5.66. The van der Waals surface area contributed by atoms with Crippen molar-refractivity contribution in [3.63, 3.8) is 0 Å². The summed E-state index contributed by atoms with van der Waals surface area (Å²) in [5.74, 6) is -2.13. The SMILES string of the molecule is O=C1C(=O)N(CC[NH+]2CCOCC2)[C@H](c2cccc(F)c2)C1=C(O)c1ccccc1. The van der Waals surface area contributed by atoms with Crippen LogP contribution in [0.25, 0.3) is 5.76 Å². The number of likely N-dealkylation sites (tertiary alicyclic amines) is 1. The predicted molar refractivity (Wildman–Crippen MR) is 108 cm³/mol. The first-order valence-corrected chi connectivity index (χ1v) is 10.1. The first-order chi connectivity index (χ1) is 14.6. The van der Waals surface area contributed by atoms with Crippen LogP contribution in [0.1, 0.15) is 17.2 Å². The minimum absolute atomic E-state index is 0.00576. The number of morpholine rings is 1.